The summed E-state index contributed by atoms with van der Waals surface area (Å²) in [6.45, 7) is 2.02. The van der Waals surface area contributed by atoms with Crippen molar-refractivity contribution in [2.75, 3.05) is 0 Å². The Hall–Kier alpha value is -0.905. The van der Waals surface area contributed by atoms with Crippen molar-refractivity contribution in [1.29, 1.82) is 0 Å². The topological polar surface area (TPSA) is 73.6 Å². The summed E-state index contributed by atoms with van der Waals surface area (Å²) in [5, 5.41) is 21.5. The molecule has 0 aliphatic carbocycles. The molecule has 0 radical (unpaired) electrons. The van der Waals surface area contributed by atoms with E-state index in [0.717, 1.165) is 0 Å². The van der Waals surface area contributed by atoms with Gasteiger partial charge in [-0.2, -0.15) is 0 Å². The largest absolute Gasteiger partial charge is 0.631 e. The van der Waals surface area contributed by atoms with E-state index in [2.05, 4.69) is 4.98 Å². The molecule has 3 N–H and O–H groups in total. The van der Waals surface area contributed by atoms with Crippen LogP contribution in [0.15, 0.2) is 24.5 Å². The average molecular weight is 155 g/mol. The third kappa shape index (κ3) is 9.09. The van der Waals surface area contributed by atoms with Crippen molar-refractivity contribution in [3.63, 3.8) is 0 Å². The number of rotatable bonds is 0. The van der Waals surface area contributed by atoms with Gasteiger partial charge in [-0.25, -0.2) is 0 Å². The van der Waals surface area contributed by atoms with Gasteiger partial charge in [0.2, 0.25) is 0 Å². The molecular weight excluding hydrogens is 145 g/mol. The van der Waals surface area contributed by atoms with E-state index in [1.54, 1.807) is 6.20 Å². The first kappa shape index (κ1) is 10.1. The summed E-state index contributed by atoms with van der Waals surface area (Å²) in [6.07, 6.45) is 3.60. The van der Waals surface area contributed by atoms with Crippen molar-refractivity contribution in [3.05, 3.63) is 30.1 Å². The van der Waals surface area contributed by atoms with E-state index in [4.69, 9.17) is 15.1 Å². The maximum atomic E-state index is 7.17. The van der Waals surface area contributed by atoms with E-state index in [9.17, 15) is 0 Å². The fourth-order valence-electron chi connectivity index (χ4n) is 0.448. The number of aryl methyl sites for hydroxylation is 1. The molecule has 0 saturated heterocycles. The molecule has 1 aromatic heterocycles. The molecule has 4 nitrogen and oxygen atoms in total. The molecule has 60 valence electrons. The lowest BCUT2D eigenvalue weighted by Crippen LogP contribution is -2.07. The molecule has 1 rings (SSSR count). The van der Waals surface area contributed by atoms with E-state index >= 15 is 0 Å². The Morgan fingerprint density at radius 3 is 2.09 bits per heavy atom. The Labute approximate surface area is 65.3 Å². The lowest BCUT2D eigenvalue weighted by molar-refractivity contribution is 0.278. The first-order valence-corrected chi connectivity index (χ1v) is 3.04. The molecule has 0 amide bonds. The molecule has 0 fully saturated rings. The number of pyridine rings is 1. The van der Waals surface area contributed by atoms with Crippen LogP contribution in [0.1, 0.15) is 5.56 Å². The minimum absolute atomic E-state index is 1.21. The summed E-state index contributed by atoms with van der Waals surface area (Å²) in [5.41, 5.74) is 1.21. The Morgan fingerprint density at radius 2 is 1.91 bits per heavy atom. The van der Waals surface area contributed by atoms with E-state index in [1.807, 2.05) is 25.3 Å². The van der Waals surface area contributed by atoms with Gasteiger partial charge in [0.05, 0.1) is 0 Å². The molecule has 5 heteroatoms. The predicted molar refractivity (Wildman–Crippen MR) is 41.4 cm³/mol. The number of aromatic nitrogens is 1. The molecule has 0 aromatic carbocycles. The summed E-state index contributed by atoms with van der Waals surface area (Å²) >= 11 is 0. The predicted octanol–water partition coefficient (Wildman–Crippen LogP) is -0.662. The zero-order valence-corrected chi connectivity index (χ0v) is 6.18. The second-order valence-corrected chi connectivity index (χ2v) is 1.88. The van der Waals surface area contributed by atoms with Gasteiger partial charge in [0.25, 0.3) is 0 Å². The first-order valence-electron chi connectivity index (χ1n) is 3.04. The van der Waals surface area contributed by atoms with Crippen LogP contribution in [0.2, 0.25) is 0 Å². The number of nitrogens with zero attached hydrogens (tertiary/aromatic N) is 1. The van der Waals surface area contributed by atoms with Crippen LogP contribution in [0.25, 0.3) is 0 Å². The van der Waals surface area contributed by atoms with E-state index in [-0.39, 0.29) is 0 Å². The highest BCUT2D eigenvalue weighted by molar-refractivity contribution is 6.30. The van der Waals surface area contributed by atoms with Crippen LogP contribution < -0.4 is 0 Å². The molecule has 0 spiro atoms. The summed E-state index contributed by atoms with van der Waals surface area (Å²) in [4.78, 5) is 3.88. The van der Waals surface area contributed by atoms with E-state index in [1.165, 1.54) is 5.56 Å². The lowest BCUT2D eigenvalue weighted by Gasteiger charge is -1.82. The minimum Gasteiger partial charge on any atom is -0.402 e. The molecule has 1 heterocycles. The van der Waals surface area contributed by atoms with Gasteiger partial charge in [-0.1, -0.05) is 6.07 Å². The number of hydrogen-bond donors (Lipinski definition) is 3. The van der Waals surface area contributed by atoms with Crippen molar-refractivity contribution >= 4 is 7.32 Å². The Kier molecular flexibility index (Phi) is 5.37. The molecular formula is C6H10BNO3. The van der Waals surface area contributed by atoms with Gasteiger partial charge in [0.15, 0.2) is 0 Å². The standard InChI is InChI=1S/C6H7N.BH3O3/c1-6-3-2-4-7-5-6;2-1(3)4/h2-5H,1H3;2-4H. The Balaban J connectivity index is 0.000000218. The summed E-state index contributed by atoms with van der Waals surface area (Å²) in [7, 11) is -2.17. The molecule has 1 aromatic rings. The second-order valence-electron chi connectivity index (χ2n) is 1.88. The maximum Gasteiger partial charge on any atom is 0.631 e. The maximum absolute atomic E-state index is 7.17. The molecule has 0 aliphatic rings. The van der Waals surface area contributed by atoms with Crippen LogP contribution in [0, 0.1) is 6.92 Å². The van der Waals surface area contributed by atoms with Crippen molar-refractivity contribution in [2.24, 2.45) is 0 Å². The Bertz CT molecular complexity index is 178. The van der Waals surface area contributed by atoms with Crippen LogP contribution >= 0.6 is 0 Å². The average Bonchev–Trinajstić information content (AvgIpc) is 1.87. The van der Waals surface area contributed by atoms with Gasteiger partial charge in [-0.05, 0) is 18.6 Å². The monoisotopic (exact) mass is 155 g/mol. The van der Waals surface area contributed by atoms with Crippen LogP contribution in [0.5, 0.6) is 0 Å². The highest BCUT2D eigenvalue weighted by Crippen LogP contribution is 1.88. The fourth-order valence-corrected chi connectivity index (χ4v) is 0.448. The third-order valence-corrected chi connectivity index (χ3v) is 0.809. The normalized spacial score (nSPS) is 8.00. The van der Waals surface area contributed by atoms with Crippen molar-refractivity contribution in [3.8, 4) is 0 Å². The van der Waals surface area contributed by atoms with Crippen LogP contribution in [0.4, 0.5) is 0 Å². The van der Waals surface area contributed by atoms with Crippen molar-refractivity contribution in [1.82, 2.24) is 4.98 Å². The fraction of sp³-hybridized carbons (Fsp3) is 0.167. The van der Waals surface area contributed by atoms with Gasteiger partial charge < -0.3 is 15.1 Å². The van der Waals surface area contributed by atoms with Gasteiger partial charge in [-0.3, -0.25) is 4.98 Å². The van der Waals surface area contributed by atoms with Gasteiger partial charge in [-0.15, -0.1) is 0 Å². The zero-order valence-electron chi connectivity index (χ0n) is 6.18. The summed E-state index contributed by atoms with van der Waals surface area (Å²) in [5.74, 6) is 0. The van der Waals surface area contributed by atoms with Gasteiger partial charge in [0, 0.05) is 12.4 Å². The van der Waals surface area contributed by atoms with Crippen molar-refractivity contribution in [2.45, 2.75) is 6.92 Å². The van der Waals surface area contributed by atoms with Gasteiger partial charge in [0.1, 0.15) is 0 Å². The highest BCUT2D eigenvalue weighted by Gasteiger charge is 1.92. The van der Waals surface area contributed by atoms with Gasteiger partial charge >= 0.3 is 7.32 Å². The van der Waals surface area contributed by atoms with Crippen LogP contribution in [-0.2, 0) is 0 Å². The minimum atomic E-state index is -2.17. The third-order valence-electron chi connectivity index (χ3n) is 0.809. The first-order chi connectivity index (χ1) is 5.13. The smallest absolute Gasteiger partial charge is 0.402 e. The molecule has 0 saturated carbocycles. The SMILES string of the molecule is Cc1cccnc1.OB(O)O. The summed E-state index contributed by atoms with van der Waals surface area (Å²) < 4.78 is 0. The van der Waals surface area contributed by atoms with Crippen LogP contribution in [0.3, 0.4) is 0 Å². The quantitative estimate of drug-likeness (QED) is 0.434. The van der Waals surface area contributed by atoms with E-state index in [0.29, 0.717) is 0 Å². The molecule has 0 atom stereocenters. The molecule has 0 bridgehead atoms. The summed E-state index contributed by atoms with van der Waals surface area (Å²) in [6, 6.07) is 3.95. The second kappa shape index (κ2) is 5.85. The highest BCUT2D eigenvalue weighted by atomic mass is 16.5. The van der Waals surface area contributed by atoms with E-state index < -0.39 is 7.32 Å². The molecule has 11 heavy (non-hydrogen) atoms. The zero-order chi connectivity index (χ0) is 8.69. The number of hydrogen-bond acceptors (Lipinski definition) is 4. The molecule has 0 unspecified atom stereocenters. The van der Waals surface area contributed by atoms with Crippen LogP contribution in [-0.4, -0.2) is 27.4 Å². The molecule has 0 aliphatic heterocycles. The Morgan fingerprint density at radius 1 is 1.36 bits per heavy atom. The lowest BCUT2D eigenvalue weighted by atomic mass is 10.3. The van der Waals surface area contributed by atoms with Crippen molar-refractivity contribution < 1.29 is 15.1 Å².